The van der Waals surface area contributed by atoms with E-state index in [-0.39, 0.29) is 17.9 Å². The van der Waals surface area contributed by atoms with Gasteiger partial charge in [0.05, 0.1) is 33.9 Å². The number of nitro groups is 1. The van der Waals surface area contributed by atoms with E-state index >= 15 is 0 Å². The first-order valence-corrected chi connectivity index (χ1v) is 14.8. The molecule has 0 amide bonds. The van der Waals surface area contributed by atoms with Crippen LogP contribution in [0.5, 0.6) is 5.75 Å². The molecule has 0 N–H and O–H groups in total. The van der Waals surface area contributed by atoms with E-state index in [1.807, 2.05) is 79.7 Å². The van der Waals surface area contributed by atoms with E-state index < -0.39 is 16.9 Å². The van der Waals surface area contributed by atoms with Crippen molar-refractivity contribution in [2.24, 2.45) is 4.99 Å². The van der Waals surface area contributed by atoms with Crippen molar-refractivity contribution >= 4 is 39.8 Å². The van der Waals surface area contributed by atoms with Gasteiger partial charge in [0.15, 0.2) is 4.80 Å². The predicted octanol–water partition coefficient (Wildman–Crippen LogP) is 5.44. The molecule has 6 rings (SSSR count). The third-order valence-corrected chi connectivity index (χ3v) is 8.50. The average molecular weight is 606 g/mol. The Kier molecular flexibility index (Phi) is 7.91. The van der Waals surface area contributed by atoms with Gasteiger partial charge in [0.25, 0.3) is 11.2 Å². The second-order valence-corrected chi connectivity index (χ2v) is 11.1. The molecule has 1 atom stereocenters. The highest BCUT2D eigenvalue weighted by atomic mass is 32.1. The third kappa shape index (κ3) is 5.31. The molecule has 1 aliphatic rings. The van der Waals surface area contributed by atoms with Crippen LogP contribution in [0.15, 0.2) is 112 Å². The monoisotopic (exact) mass is 605 g/mol. The van der Waals surface area contributed by atoms with Crippen molar-refractivity contribution < 1.29 is 19.2 Å². The van der Waals surface area contributed by atoms with Gasteiger partial charge in [0.1, 0.15) is 12.4 Å². The molecule has 0 spiro atoms. The van der Waals surface area contributed by atoms with Crippen LogP contribution in [0.1, 0.15) is 36.1 Å². The van der Waals surface area contributed by atoms with Crippen LogP contribution in [0.4, 0.5) is 5.69 Å². The smallest absolute Gasteiger partial charge is 0.338 e. The van der Waals surface area contributed by atoms with E-state index in [4.69, 9.17) is 14.5 Å². The van der Waals surface area contributed by atoms with Crippen LogP contribution in [0.2, 0.25) is 0 Å². The number of carbonyl (C=O) groups excluding carboxylic acids is 1. The van der Waals surface area contributed by atoms with Crippen molar-refractivity contribution in [1.82, 2.24) is 4.57 Å². The first kappa shape index (κ1) is 28.8. The second kappa shape index (κ2) is 12.1. The molecule has 4 aromatic carbocycles. The maximum Gasteiger partial charge on any atom is 0.338 e. The number of hydrogen-bond donors (Lipinski definition) is 0. The van der Waals surface area contributed by atoms with Crippen LogP contribution in [-0.2, 0) is 16.1 Å². The SMILES string of the molecule is CCC1=C(C(=O)OC)[C@H](c2ccccc2)n2c(s/c(=C/c3c(OCc4ccc([N+](=O)[O-])cc4)ccc4ccccc34)c2=O)=N1. The standard InChI is InChI=1S/C34H27N3O6S/c1-3-27-30(33(39)42-2)31(23-10-5-4-6-11-23)36-32(38)29(44-34(36)35-27)19-26-25-12-8-7-9-22(25)15-18-28(26)43-20-21-13-16-24(17-14-21)37(40)41/h4-19,31H,3,20H2,1-2H3/b29-19+/t31-/m0/s1. The average Bonchev–Trinajstić information content (AvgIpc) is 3.37. The molecule has 0 aliphatic carbocycles. The zero-order chi connectivity index (χ0) is 30.8. The van der Waals surface area contributed by atoms with Gasteiger partial charge in [-0.15, -0.1) is 0 Å². The molecule has 0 unspecified atom stereocenters. The summed E-state index contributed by atoms with van der Waals surface area (Å²) in [4.78, 5) is 43.1. The summed E-state index contributed by atoms with van der Waals surface area (Å²) in [5, 5.41) is 12.9. The largest absolute Gasteiger partial charge is 0.488 e. The van der Waals surface area contributed by atoms with Gasteiger partial charge in [-0.25, -0.2) is 9.79 Å². The minimum Gasteiger partial charge on any atom is -0.488 e. The van der Waals surface area contributed by atoms with E-state index in [1.165, 1.54) is 30.6 Å². The van der Waals surface area contributed by atoms with E-state index in [0.717, 1.165) is 27.5 Å². The van der Waals surface area contributed by atoms with Crippen molar-refractivity contribution in [2.75, 3.05) is 7.11 Å². The summed E-state index contributed by atoms with van der Waals surface area (Å²) < 4.78 is 13.4. The Balaban J connectivity index is 1.50. The maximum atomic E-state index is 14.2. The topological polar surface area (TPSA) is 113 Å². The van der Waals surface area contributed by atoms with Gasteiger partial charge in [-0.2, -0.15) is 0 Å². The Morgan fingerprint density at radius 2 is 1.75 bits per heavy atom. The van der Waals surface area contributed by atoms with E-state index in [1.54, 1.807) is 16.7 Å². The molecule has 0 fully saturated rings. The molecule has 0 saturated carbocycles. The lowest BCUT2D eigenvalue weighted by atomic mass is 9.95. The molecular formula is C34H27N3O6S. The number of methoxy groups -OCH3 is 1. The molecule has 0 bridgehead atoms. The van der Waals surface area contributed by atoms with Crippen LogP contribution >= 0.6 is 11.3 Å². The minimum absolute atomic E-state index is 0.00548. The van der Waals surface area contributed by atoms with Crippen LogP contribution in [0, 0.1) is 10.1 Å². The molecule has 9 nitrogen and oxygen atoms in total. The number of hydrogen-bond acceptors (Lipinski definition) is 8. The van der Waals surface area contributed by atoms with Gasteiger partial charge in [0, 0.05) is 17.7 Å². The molecule has 1 aliphatic heterocycles. The highest BCUT2D eigenvalue weighted by molar-refractivity contribution is 7.07. The lowest BCUT2D eigenvalue weighted by molar-refractivity contribution is -0.384. The Morgan fingerprint density at radius 1 is 1.02 bits per heavy atom. The van der Waals surface area contributed by atoms with Crippen LogP contribution in [-0.4, -0.2) is 22.6 Å². The number of aromatic nitrogens is 1. The maximum absolute atomic E-state index is 14.2. The number of nitro benzene ring substituents is 1. The number of benzene rings is 4. The van der Waals surface area contributed by atoms with Crippen molar-refractivity contribution in [2.45, 2.75) is 26.0 Å². The number of carbonyl (C=O) groups is 1. The van der Waals surface area contributed by atoms with Crippen molar-refractivity contribution in [3.8, 4) is 5.75 Å². The van der Waals surface area contributed by atoms with Crippen LogP contribution in [0.3, 0.4) is 0 Å². The fraction of sp³-hybridized carbons (Fsp3) is 0.147. The molecular weight excluding hydrogens is 578 g/mol. The minimum atomic E-state index is -0.692. The Bertz CT molecular complexity index is 2110. The van der Waals surface area contributed by atoms with E-state index in [0.29, 0.717) is 32.8 Å². The normalized spacial score (nSPS) is 14.7. The highest BCUT2D eigenvalue weighted by Crippen LogP contribution is 2.32. The summed E-state index contributed by atoms with van der Waals surface area (Å²) in [6.07, 6.45) is 2.30. The lowest BCUT2D eigenvalue weighted by Crippen LogP contribution is -2.40. The number of nitrogens with zero attached hydrogens (tertiary/aromatic N) is 3. The van der Waals surface area contributed by atoms with Gasteiger partial charge in [-0.05, 0) is 52.6 Å². The zero-order valence-electron chi connectivity index (χ0n) is 23.9. The summed E-state index contributed by atoms with van der Waals surface area (Å²) in [7, 11) is 1.33. The Morgan fingerprint density at radius 3 is 2.45 bits per heavy atom. The summed E-state index contributed by atoms with van der Waals surface area (Å²) in [5.41, 5.74) is 2.90. The molecule has 1 aromatic heterocycles. The van der Waals surface area contributed by atoms with Gasteiger partial charge in [-0.1, -0.05) is 78.9 Å². The first-order chi connectivity index (χ1) is 21.4. The van der Waals surface area contributed by atoms with Crippen LogP contribution in [0.25, 0.3) is 16.8 Å². The molecule has 44 heavy (non-hydrogen) atoms. The zero-order valence-corrected chi connectivity index (χ0v) is 24.7. The number of esters is 1. The van der Waals surface area contributed by atoms with Gasteiger partial charge >= 0.3 is 5.97 Å². The molecule has 2 heterocycles. The lowest BCUT2D eigenvalue weighted by Gasteiger charge is -2.25. The fourth-order valence-electron chi connectivity index (χ4n) is 5.37. The summed E-state index contributed by atoms with van der Waals surface area (Å²) >= 11 is 1.25. The Labute approximate surface area is 255 Å². The quantitative estimate of drug-likeness (QED) is 0.132. The summed E-state index contributed by atoms with van der Waals surface area (Å²) in [6, 6.07) is 26.5. The van der Waals surface area contributed by atoms with Crippen molar-refractivity contribution in [3.63, 3.8) is 0 Å². The highest BCUT2D eigenvalue weighted by Gasteiger charge is 2.33. The predicted molar refractivity (Wildman–Crippen MR) is 168 cm³/mol. The first-order valence-electron chi connectivity index (χ1n) is 14.0. The number of allylic oxidation sites excluding steroid dienone is 1. The molecule has 220 valence electrons. The summed E-state index contributed by atoms with van der Waals surface area (Å²) in [5.74, 6) is 0.0294. The van der Waals surface area contributed by atoms with Crippen molar-refractivity contribution in [1.29, 1.82) is 0 Å². The third-order valence-electron chi connectivity index (χ3n) is 7.51. The molecule has 0 saturated heterocycles. The number of fused-ring (bicyclic) bond motifs is 2. The van der Waals surface area contributed by atoms with Crippen LogP contribution < -0.4 is 19.6 Å². The molecule has 10 heteroatoms. The molecule has 5 aromatic rings. The van der Waals surface area contributed by atoms with Gasteiger partial charge < -0.3 is 9.47 Å². The number of rotatable bonds is 8. The van der Waals surface area contributed by atoms with Gasteiger partial charge in [0.2, 0.25) is 0 Å². The second-order valence-electron chi connectivity index (χ2n) is 10.1. The number of non-ortho nitro benzene ring substituents is 1. The van der Waals surface area contributed by atoms with Crippen molar-refractivity contribution in [3.05, 3.63) is 149 Å². The van der Waals surface area contributed by atoms with E-state index in [2.05, 4.69) is 0 Å². The molecule has 0 radical (unpaired) electrons. The fourth-order valence-corrected chi connectivity index (χ4v) is 6.37. The number of thiazole rings is 1. The summed E-state index contributed by atoms with van der Waals surface area (Å²) in [6.45, 7) is 2.09. The Hall–Kier alpha value is -5.35. The number of ether oxygens (including phenoxy) is 2. The van der Waals surface area contributed by atoms with Gasteiger partial charge in [-0.3, -0.25) is 19.5 Å². The van der Waals surface area contributed by atoms with E-state index in [9.17, 15) is 19.7 Å².